The van der Waals surface area contributed by atoms with Gasteiger partial charge in [0.15, 0.2) is 0 Å². The number of nitrogens with one attached hydrogen (secondary N) is 1. The first-order valence-electron chi connectivity index (χ1n) is 9.95. The molecule has 0 atom stereocenters. The summed E-state index contributed by atoms with van der Waals surface area (Å²) in [7, 11) is 0. The summed E-state index contributed by atoms with van der Waals surface area (Å²) < 4.78 is 5.29. The highest BCUT2D eigenvalue weighted by atomic mass is 16.5. The predicted octanol–water partition coefficient (Wildman–Crippen LogP) is 4.37. The maximum atomic E-state index is 13.0. The molecule has 1 heterocycles. The van der Waals surface area contributed by atoms with Crippen molar-refractivity contribution in [2.45, 2.75) is 25.5 Å². The monoisotopic (exact) mass is 388 g/mol. The number of carbonyl (C=O) groups excluding carboxylic acids is 2. The molecule has 29 heavy (non-hydrogen) atoms. The molecule has 0 aliphatic carbocycles. The SMILES string of the molecule is O=C(NC1CCN(C(=O)c2cccc3ccccc23)CC1)OCc1ccccc1. The molecule has 1 aliphatic rings. The van der Waals surface area contributed by atoms with Crippen molar-refractivity contribution in [3.63, 3.8) is 0 Å². The Morgan fingerprint density at radius 3 is 2.38 bits per heavy atom. The van der Waals surface area contributed by atoms with Gasteiger partial charge in [-0.2, -0.15) is 0 Å². The Morgan fingerprint density at radius 2 is 1.59 bits per heavy atom. The second-order valence-corrected chi connectivity index (χ2v) is 7.30. The van der Waals surface area contributed by atoms with E-state index >= 15 is 0 Å². The fourth-order valence-corrected chi connectivity index (χ4v) is 3.74. The van der Waals surface area contributed by atoms with Gasteiger partial charge >= 0.3 is 6.09 Å². The zero-order chi connectivity index (χ0) is 20.1. The minimum Gasteiger partial charge on any atom is -0.445 e. The van der Waals surface area contributed by atoms with E-state index in [1.807, 2.05) is 77.7 Å². The van der Waals surface area contributed by atoms with Gasteiger partial charge in [-0.15, -0.1) is 0 Å². The number of hydrogen-bond donors (Lipinski definition) is 1. The van der Waals surface area contributed by atoms with Crippen LogP contribution in [-0.2, 0) is 11.3 Å². The fraction of sp³-hybridized carbons (Fsp3) is 0.250. The topological polar surface area (TPSA) is 58.6 Å². The highest BCUT2D eigenvalue weighted by Gasteiger charge is 2.25. The van der Waals surface area contributed by atoms with E-state index in [2.05, 4.69) is 5.32 Å². The molecule has 3 aromatic carbocycles. The van der Waals surface area contributed by atoms with Gasteiger partial charge in [0.2, 0.25) is 0 Å². The molecule has 0 radical (unpaired) electrons. The van der Waals surface area contributed by atoms with E-state index in [1.165, 1.54) is 0 Å². The summed E-state index contributed by atoms with van der Waals surface area (Å²) in [6.45, 7) is 1.49. The van der Waals surface area contributed by atoms with Gasteiger partial charge in [-0.05, 0) is 35.2 Å². The molecule has 0 aromatic heterocycles. The molecule has 5 heteroatoms. The van der Waals surface area contributed by atoms with Gasteiger partial charge in [0.25, 0.3) is 5.91 Å². The summed E-state index contributed by atoms with van der Waals surface area (Å²) in [4.78, 5) is 26.9. The standard InChI is InChI=1S/C24H24N2O3/c27-23(22-12-6-10-19-9-4-5-11-21(19)22)26-15-13-20(14-16-26)25-24(28)29-17-18-7-2-1-3-8-18/h1-12,20H,13-17H2,(H,25,28). The van der Waals surface area contributed by atoms with Gasteiger partial charge < -0.3 is 15.0 Å². The molecule has 1 aliphatic heterocycles. The van der Waals surface area contributed by atoms with Crippen LogP contribution in [0.5, 0.6) is 0 Å². The van der Waals surface area contributed by atoms with Crippen molar-refractivity contribution in [2.24, 2.45) is 0 Å². The zero-order valence-electron chi connectivity index (χ0n) is 16.2. The van der Waals surface area contributed by atoms with Crippen molar-refractivity contribution >= 4 is 22.8 Å². The predicted molar refractivity (Wildman–Crippen MR) is 113 cm³/mol. The van der Waals surface area contributed by atoms with Gasteiger partial charge in [-0.3, -0.25) is 4.79 Å². The van der Waals surface area contributed by atoms with E-state index in [0.717, 1.165) is 34.7 Å². The van der Waals surface area contributed by atoms with Crippen LogP contribution in [0.15, 0.2) is 72.8 Å². The van der Waals surface area contributed by atoms with Crippen LogP contribution >= 0.6 is 0 Å². The Morgan fingerprint density at radius 1 is 0.897 bits per heavy atom. The van der Waals surface area contributed by atoms with Crippen LogP contribution in [0, 0.1) is 0 Å². The van der Waals surface area contributed by atoms with E-state index in [-0.39, 0.29) is 18.6 Å². The lowest BCUT2D eigenvalue weighted by Gasteiger charge is -2.32. The summed E-state index contributed by atoms with van der Waals surface area (Å²) in [5.41, 5.74) is 1.69. The van der Waals surface area contributed by atoms with Crippen molar-refractivity contribution in [3.05, 3.63) is 83.9 Å². The highest BCUT2D eigenvalue weighted by molar-refractivity contribution is 6.07. The van der Waals surface area contributed by atoms with Crippen molar-refractivity contribution in [1.29, 1.82) is 0 Å². The van der Waals surface area contributed by atoms with Crippen molar-refractivity contribution < 1.29 is 14.3 Å². The molecule has 148 valence electrons. The maximum absolute atomic E-state index is 13.0. The van der Waals surface area contributed by atoms with Crippen molar-refractivity contribution in [3.8, 4) is 0 Å². The second-order valence-electron chi connectivity index (χ2n) is 7.30. The number of hydrogen-bond acceptors (Lipinski definition) is 3. The molecule has 1 saturated heterocycles. The molecule has 0 spiro atoms. The first-order valence-corrected chi connectivity index (χ1v) is 9.95. The van der Waals surface area contributed by atoms with E-state index < -0.39 is 6.09 Å². The Hall–Kier alpha value is -3.34. The first-order chi connectivity index (χ1) is 14.2. The molecule has 4 rings (SSSR count). The number of likely N-dealkylation sites (tertiary alicyclic amines) is 1. The Balaban J connectivity index is 1.30. The summed E-state index contributed by atoms with van der Waals surface area (Å²) in [6.07, 6.45) is 1.03. The van der Waals surface area contributed by atoms with Gasteiger partial charge in [0, 0.05) is 24.7 Å². The number of carbonyl (C=O) groups is 2. The maximum Gasteiger partial charge on any atom is 0.407 e. The van der Waals surface area contributed by atoms with Crippen LogP contribution in [0.2, 0.25) is 0 Å². The summed E-state index contributed by atoms with van der Waals surface area (Å²) in [5, 5.41) is 4.96. The molecular formula is C24H24N2O3. The molecular weight excluding hydrogens is 364 g/mol. The van der Waals surface area contributed by atoms with E-state index in [9.17, 15) is 9.59 Å². The van der Waals surface area contributed by atoms with Crippen LogP contribution in [0.25, 0.3) is 10.8 Å². The lowest BCUT2D eigenvalue weighted by molar-refractivity contribution is 0.0703. The number of ether oxygens (including phenoxy) is 1. The molecule has 5 nitrogen and oxygen atoms in total. The number of amides is 2. The average molecular weight is 388 g/mol. The van der Waals surface area contributed by atoms with Crippen LogP contribution in [0.4, 0.5) is 4.79 Å². The third-order valence-electron chi connectivity index (χ3n) is 5.34. The number of piperidine rings is 1. The normalized spacial score (nSPS) is 14.6. The summed E-state index contributed by atoms with van der Waals surface area (Å²) in [5.74, 6) is 0.0481. The molecule has 3 aromatic rings. The number of rotatable bonds is 4. The Kier molecular flexibility index (Phi) is 5.75. The van der Waals surface area contributed by atoms with E-state index in [1.54, 1.807) is 0 Å². The minimum atomic E-state index is -0.410. The van der Waals surface area contributed by atoms with Crippen molar-refractivity contribution in [2.75, 3.05) is 13.1 Å². The summed E-state index contributed by atoms with van der Waals surface area (Å²) in [6, 6.07) is 23.4. The Bertz CT molecular complexity index is 990. The highest BCUT2D eigenvalue weighted by Crippen LogP contribution is 2.22. The number of nitrogens with zero attached hydrogens (tertiary/aromatic N) is 1. The van der Waals surface area contributed by atoms with Gasteiger partial charge in [0.05, 0.1) is 0 Å². The average Bonchev–Trinajstić information content (AvgIpc) is 2.78. The van der Waals surface area contributed by atoms with Crippen LogP contribution in [0.3, 0.4) is 0 Å². The van der Waals surface area contributed by atoms with Crippen LogP contribution < -0.4 is 5.32 Å². The van der Waals surface area contributed by atoms with Crippen LogP contribution in [0.1, 0.15) is 28.8 Å². The van der Waals surface area contributed by atoms with Gasteiger partial charge in [-0.25, -0.2) is 4.79 Å². The first kappa shape index (κ1) is 19.0. The van der Waals surface area contributed by atoms with Crippen molar-refractivity contribution in [1.82, 2.24) is 10.2 Å². The smallest absolute Gasteiger partial charge is 0.407 e. The third-order valence-corrected chi connectivity index (χ3v) is 5.34. The number of alkyl carbamates (subject to hydrolysis) is 1. The number of fused-ring (bicyclic) bond motifs is 1. The van der Waals surface area contributed by atoms with Gasteiger partial charge in [0.1, 0.15) is 6.61 Å². The second kappa shape index (κ2) is 8.78. The molecule has 0 bridgehead atoms. The number of benzene rings is 3. The quantitative estimate of drug-likeness (QED) is 0.722. The zero-order valence-corrected chi connectivity index (χ0v) is 16.2. The van der Waals surface area contributed by atoms with E-state index in [4.69, 9.17) is 4.74 Å². The molecule has 1 N–H and O–H groups in total. The lowest BCUT2D eigenvalue weighted by Crippen LogP contribution is -2.46. The molecule has 1 fully saturated rings. The minimum absolute atomic E-state index is 0.0230. The molecule has 2 amide bonds. The Labute approximate surface area is 170 Å². The molecule has 0 unspecified atom stereocenters. The third kappa shape index (κ3) is 4.57. The van der Waals surface area contributed by atoms with Crippen LogP contribution in [-0.4, -0.2) is 36.0 Å². The lowest BCUT2D eigenvalue weighted by atomic mass is 10.0. The summed E-state index contributed by atoms with van der Waals surface area (Å²) >= 11 is 0. The fourth-order valence-electron chi connectivity index (χ4n) is 3.74. The largest absolute Gasteiger partial charge is 0.445 e. The van der Waals surface area contributed by atoms with Gasteiger partial charge in [-0.1, -0.05) is 66.7 Å². The molecule has 0 saturated carbocycles. The van der Waals surface area contributed by atoms with E-state index in [0.29, 0.717) is 13.1 Å².